The normalized spacial score (nSPS) is 11.6. The number of nitro groups is 1. The van der Waals surface area contributed by atoms with Crippen molar-refractivity contribution in [1.82, 2.24) is 14.5 Å². The lowest BCUT2D eigenvalue weighted by molar-refractivity contribution is -0.384. The van der Waals surface area contributed by atoms with Gasteiger partial charge >= 0.3 is 0 Å². The molecule has 0 spiro atoms. The van der Waals surface area contributed by atoms with E-state index >= 15 is 0 Å². The molecule has 0 saturated carbocycles. The lowest BCUT2D eigenvalue weighted by Crippen LogP contribution is -2.38. The van der Waals surface area contributed by atoms with Crippen LogP contribution in [0, 0.1) is 17.0 Å². The smallest absolute Gasteiger partial charge is 0.270 e. The van der Waals surface area contributed by atoms with Gasteiger partial charge in [0.25, 0.3) is 17.2 Å². The van der Waals surface area contributed by atoms with E-state index in [9.17, 15) is 19.7 Å². The second kappa shape index (κ2) is 13.5. The van der Waals surface area contributed by atoms with Crippen molar-refractivity contribution in [3.8, 4) is 22.9 Å². The summed E-state index contributed by atoms with van der Waals surface area (Å²) in [7, 11) is 4.63. The zero-order valence-electron chi connectivity index (χ0n) is 26.2. The van der Waals surface area contributed by atoms with Gasteiger partial charge in [0.2, 0.25) is 0 Å². The third kappa shape index (κ3) is 6.25. The Labute approximate surface area is 265 Å². The standard InChI is InChI=1S/C35H34N4O7/c1-22-13-15-30(44-3)29(19-22)38-33(36-28-12-7-6-11-27(28)35(38)41)23(2)37(34(40)25-9-8-10-26(21-25)39(42)43)18-17-24-14-16-31(45-4)32(20-24)46-5/h6-16,19-21,23H,17-18H2,1-5H3. The zero-order chi connectivity index (χ0) is 33.0. The molecule has 1 unspecified atom stereocenters. The molecule has 0 aliphatic rings. The lowest BCUT2D eigenvalue weighted by Gasteiger charge is -2.31. The average molecular weight is 623 g/mol. The molecule has 11 heteroatoms. The van der Waals surface area contributed by atoms with E-state index in [-0.39, 0.29) is 23.4 Å². The van der Waals surface area contributed by atoms with Crippen LogP contribution in [0.25, 0.3) is 16.6 Å². The molecular weight excluding hydrogens is 588 g/mol. The van der Waals surface area contributed by atoms with Gasteiger partial charge < -0.3 is 19.1 Å². The van der Waals surface area contributed by atoms with Crippen LogP contribution in [0.1, 0.15) is 40.3 Å². The molecule has 0 saturated heterocycles. The zero-order valence-corrected chi connectivity index (χ0v) is 26.2. The number of ether oxygens (including phenoxy) is 3. The van der Waals surface area contributed by atoms with Crippen LogP contribution in [0.3, 0.4) is 0 Å². The monoisotopic (exact) mass is 622 g/mol. The molecular formula is C35H34N4O7. The summed E-state index contributed by atoms with van der Waals surface area (Å²) in [5, 5.41) is 12.0. The minimum Gasteiger partial charge on any atom is -0.495 e. The Morgan fingerprint density at radius 3 is 2.35 bits per heavy atom. The maximum absolute atomic E-state index is 14.3. The highest BCUT2D eigenvalue weighted by Crippen LogP contribution is 2.31. The molecule has 0 aliphatic carbocycles. The second-order valence-corrected chi connectivity index (χ2v) is 10.7. The lowest BCUT2D eigenvalue weighted by atomic mass is 10.1. The average Bonchev–Trinajstić information content (AvgIpc) is 3.08. The van der Waals surface area contributed by atoms with Crippen molar-refractivity contribution in [2.45, 2.75) is 26.3 Å². The first-order chi connectivity index (χ1) is 22.2. The number of rotatable bonds is 11. The summed E-state index contributed by atoms with van der Waals surface area (Å²) in [6.07, 6.45) is 0.400. The van der Waals surface area contributed by atoms with Crippen molar-refractivity contribution in [2.24, 2.45) is 0 Å². The highest BCUT2D eigenvalue weighted by atomic mass is 16.6. The molecule has 1 amide bonds. The fourth-order valence-electron chi connectivity index (χ4n) is 5.45. The van der Waals surface area contributed by atoms with E-state index in [0.717, 1.165) is 11.1 Å². The fraction of sp³-hybridized carbons (Fsp3) is 0.229. The van der Waals surface area contributed by atoms with Crippen molar-refractivity contribution in [3.63, 3.8) is 0 Å². The number of hydrogen-bond acceptors (Lipinski definition) is 8. The number of fused-ring (bicyclic) bond motifs is 1. The maximum atomic E-state index is 14.3. The van der Waals surface area contributed by atoms with E-state index in [1.807, 2.05) is 31.2 Å². The van der Waals surface area contributed by atoms with Gasteiger partial charge in [-0.15, -0.1) is 0 Å². The minimum atomic E-state index is -0.769. The van der Waals surface area contributed by atoms with Gasteiger partial charge in [-0.1, -0.05) is 30.3 Å². The Kier molecular flexibility index (Phi) is 9.31. The topological polar surface area (TPSA) is 126 Å². The molecule has 0 bridgehead atoms. The number of nitro benzene ring substituents is 1. The SMILES string of the molecule is COc1ccc(CCN(C(=O)c2cccc([N+](=O)[O-])c2)C(C)c2nc3ccccc3c(=O)n2-c2cc(C)ccc2OC)cc1OC. The number of carbonyl (C=O) groups is 1. The molecule has 236 valence electrons. The number of aromatic nitrogens is 2. The van der Waals surface area contributed by atoms with Gasteiger partial charge in [0.05, 0.1) is 48.9 Å². The number of amides is 1. The number of nitrogens with zero attached hydrogens (tertiary/aromatic N) is 4. The molecule has 1 heterocycles. The predicted molar refractivity (Wildman–Crippen MR) is 174 cm³/mol. The van der Waals surface area contributed by atoms with Crippen LogP contribution >= 0.6 is 0 Å². The summed E-state index contributed by atoms with van der Waals surface area (Å²) in [6.45, 7) is 3.89. The largest absolute Gasteiger partial charge is 0.495 e. The summed E-state index contributed by atoms with van der Waals surface area (Å²) in [4.78, 5) is 46.0. The van der Waals surface area contributed by atoms with Gasteiger partial charge in [0.1, 0.15) is 11.6 Å². The van der Waals surface area contributed by atoms with Crippen LogP contribution in [0.2, 0.25) is 0 Å². The fourth-order valence-corrected chi connectivity index (χ4v) is 5.45. The van der Waals surface area contributed by atoms with Gasteiger partial charge in [0.15, 0.2) is 11.5 Å². The second-order valence-electron chi connectivity index (χ2n) is 10.7. The maximum Gasteiger partial charge on any atom is 0.270 e. The molecule has 1 aromatic heterocycles. The number of aryl methyl sites for hydroxylation is 1. The van der Waals surface area contributed by atoms with Crippen LogP contribution in [-0.2, 0) is 6.42 Å². The number of hydrogen-bond donors (Lipinski definition) is 0. The Hall–Kier alpha value is -5.71. The summed E-state index contributed by atoms with van der Waals surface area (Å²) in [5.41, 5.74) is 2.33. The van der Waals surface area contributed by atoms with Crippen LogP contribution in [0.5, 0.6) is 17.2 Å². The van der Waals surface area contributed by atoms with Crippen LogP contribution < -0.4 is 19.8 Å². The van der Waals surface area contributed by atoms with Crippen molar-refractivity contribution in [1.29, 1.82) is 0 Å². The Balaban J connectivity index is 1.68. The highest BCUT2D eigenvalue weighted by Gasteiger charge is 2.29. The van der Waals surface area contributed by atoms with Crippen molar-refractivity contribution in [3.05, 3.63) is 128 Å². The Morgan fingerprint density at radius 2 is 1.63 bits per heavy atom. The summed E-state index contributed by atoms with van der Waals surface area (Å²) < 4.78 is 18.0. The van der Waals surface area contributed by atoms with Gasteiger partial charge in [-0.3, -0.25) is 24.3 Å². The highest BCUT2D eigenvalue weighted by molar-refractivity contribution is 5.95. The number of carbonyl (C=O) groups excluding carboxylic acids is 1. The van der Waals surface area contributed by atoms with Crippen LogP contribution in [-0.4, -0.2) is 53.2 Å². The van der Waals surface area contributed by atoms with Gasteiger partial charge in [-0.2, -0.15) is 0 Å². The van der Waals surface area contributed by atoms with E-state index in [1.54, 1.807) is 62.4 Å². The van der Waals surface area contributed by atoms with Gasteiger partial charge in [0, 0.05) is 24.2 Å². The third-order valence-electron chi connectivity index (χ3n) is 7.87. The Bertz CT molecular complexity index is 1990. The summed E-state index contributed by atoms with van der Waals surface area (Å²) in [5.74, 6) is 1.42. The number of methoxy groups -OCH3 is 3. The minimum absolute atomic E-state index is 0.135. The van der Waals surface area contributed by atoms with E-state index < -0.39 is 16.9 Å². The van der Waals surface area contributed by atoms with E-state index in [0.29, 0.717) is 46.1 Å². The molecule has 5 aromatic rings. The molecule has 11 nitrogen and oxygen atoms in total. The van der Waals surface area contributed by atoms with Crippen molar-refractivity contribution < 1.29 is 23.9 Å². The van der Waals surface area contributed by atoms with E-state index in [1.165, 1.54) is 35.9 Å². The van der Waals surface area contributed by atoms with Crippen LogP contribution in [0.15, 0.2) is 89.7 Å². The number of non-ortho nitro benzene ring substituents is 1. The first-order valence-corrected chi connectivity index (χ1v) is 14.6. The van der Waals surface area contributed by atoms with Crippen molar-refractivity contribution >= 4 is 22.5 Å². The molecule has 1 atom stereocenters. The molecule has 0 aliphatic heterocycles. The first-order valence-electron chi connectivity index (χ1n) is 14.6. The number of para-hydroxylation sites is 1. The van der Waals surface area contributed by atoms with Gasteiger partial charge in [-0.25, -0.2) is 4.98 Å². The summed E-state index contributed by atoms with van der Waals surface area (Å²) >= 11 is 0. The quantitative estimate of drug-likeness (QED) is 0.128. The molecule has 0 N–H and O–H groups in total. The molecule has 0 radical (unpaired) electrons. The van der Waals surface area contributed by atoms with Crippen LogP contribution in [0.4, 0.5) is 5.69 Å². The predicted octanol–water partition coefficient (Wildman–Crippen LogP) is 6.07. The van der Waals surface area contributed by atoms with E-state index in [2.05, 4.69) is 0 Å². The van der Waals surface area contributed by atoms with E-state index in [4.69, 9.17) is 19.2 Å². The first kappa shape index (κ1) is 31.7. The molecule has 46 heavy (non-hydrogen) atoms. The number of benzene rings is 4. The molecule has 0 fully saturated rings. The molecule has 5 rings (SSSR count). The van der Waals surface area contributed by atoms with Crippen molar-refractivity contribution in [2.75, 3.05) is 27.9 Å². The Morgan fingerprint density at radius 1 is 0.913 bits per heavy atom. The third-order valence-corrected chi connectivity index (χ3v) is 7.87. The summed E-state index contributed by atoms with van der Waals surface area (Å²) in [6, 6.07) is 22.9. The molecule has 4 aromatic carbocycles. The van der Waals surface area contributed by atoms with Gasteiger partial charge in [-0.05, 0) is 73.9 Å².